The van der Waals surface area contributed by atoms with Crippen molar-refractivity contribution in [2.45, 2.75) is 0 Å². The maximum Gasteiger partial charge on any atom is 0.322 e. The van der Waals surface area contributed by atoms with E-state index >= 15 is 0 Å². The zero-order valence-electron chi connectivity index (χ0n) is 12.8. The van der Waals surface area contributed by atoms with Crippen LogP contribution in [0.4, 0.5) is 8.78 Å². The number of hydrogen-bond donors (Lipinski definition) is 3. The van der Waals surface area contributed by atoms with Crippen molar-refractivity contribution in [1.82, 2.24) is 19.9 Å². The highest BCUT2D eigenvalue weighted by atomic mass is 35.5. The van der Waals surface area contributed by atoms with Crippen molar-refractivity contribution in [2.24, 2.45) is 0 Å². The van der Waals surface area contributed by atoms with Gasteiger partial charge in [-0.25, -0.2) is 18.3 Å². The van der Waals surface area contributed by atoms with Gasteiger partial charge in [0.05, 0.1) is 5.69 Å². The number of pyridine rings is 1. The molecule has 8 nitrogen and oxygen atoms in total. The first-order chi connectivity index (χ1) is 11.9. The fourth-order valence-electron chi connectivity index (χ4n) is 2.37. The molecule has 0 saturated heterocycles. The summed E-state index contributed by atoms with van der Waals surface area (Å²) in [6, 6.07) is 3.74. The van der Waals surface area contributed by atoms with E-state index in [0.717, 1.165) is 18.2 Å². The molecule has 0 fully saturated rings. The van der Waals surface area contributed by atoms with Gasteiger partial charge in [0.25, 0.3) is 5.91 Å². The average Bonchev–Trinajstić information content (AvgIpc) is 2.99. The van der Waals surface area contributed by atoms with Crippen LogP contribution in [0.2, 0.25) is 0 Å². The maximum atomic E-state index is 13.5. The molecule has 136 valence electrons. The molecule has 2 aromatic heterocycles. The number of carboxylic acids is 1. The third kappa shape index (κ3) is 3.54. The van der Waals surface area contributed by atoms with Crippen LogP contribution >= 0.6 is 12.4 Å². The van der Waals surface area contributed by atoms with E-state index in [0.29, 0.717) is 6.07 Å². The predicted molar refractivity (Wildman–Crippen MR) is 88.4 cm³/mol. The summed E-state index contributed by atoms with van der Waals surface area (Å²) in [6.45, 7) is -0.675. The maximum absolute atomic E-state index is 13.5. The molecule has 1 amide bonds. The minimum atomic E-state index is -1.28. The topological polar surface area (TPSA) is 117 Å². The normalized spacial score (nSPS) is 10.4. The largest absolute Gasteiger partial charge is 0.480 e. The highest BCUT2D eigenvalue weighted by Gasteiger charge is 2.20. The molecule has 3 rings (SSSR count). The number of halogens is 3. The first-order valence-corrected chi connectivity index (χ1v) is 6.92. The van der Waals surface area contributed by atoms with Gasteiger partial charge in [0, 0.05) is 17.7 Å². The summed E-state index contributed by atoms with van der Waals surface area (Å²) in [5.74, 6) is -3.87. The van der Waals surface area contributed by atoms with Crippen molar-refractivity contribution >= 4 is 29.9 Å². The number of nitrogens with zero attached hydrogens (tertiary/aromatic N) is 2. The van der Waals surface area contributed by atoms with Crippen LogP contribution in [0.15, 0.2) is 35.4 Å². The molecule has 2 heterocycles. The highest BCUT2D eigenvalue weighted by Crippen LogP contribution is 2.22. The number of carbonyl (C=O) groups is 2. The van der Waals surface area contributed by atoms with Crippen molar-refractivity contribution in [1.29, 1.82) is 0 Å². The second-order valence-corrected chi connectivity index (χ2v) is 5.05. The monoisotopic (exact) mass is 384 g/mol. The third-order valence-electron chi connectivity index (χ3n) is 3.35. The van der Waals surface area contributed by atoms with Gasteiger partial charge in [-0.05, 0) is 12.1 Å². The molecule has 0 atom stereocenters. The van der Waals surface area contributed by atoms with Crippen molar-refractivity contribution in [3.63, 3.8) is 0 Å². The van der Waals surface area contributed by atoms with Gasteiger partial charge < -0.3 is 10.4 Å². The minimum absolute atomic E-state index is 0. The number of H-pyrrole nitrogens is 1. The second kappa shape index (κ2) is 7.31. The third-order valence-corrected chi connectivity index (χ3v) is 3.35. The highest BCUT2D eigenvalue weighted by molar-refractivity contribution is 6.01. The fraction of sp³-hybridized carbons (Fsp3) is 0.0667. The number of aliphatic carboxylic acids is 1. The van der Waals surface area contributed by atoms with Crippen LogP contribution in [0.25, 0.3) is 16.9 Å². The average molecular weight is 385 g/mol. The fourth-order valence-corrected chi connectivity index (χ4v) is 2.37. The van der Waals surface area contributed by atoms with E-state index in [4.69, 9.17) is 5.11 Å². The summed E-state index contributed by atoms with van der Waals surface area (Å²) >= 11 is 0. The summed E-state index contributed by atoms with van der Waals surface area (Å²) in [4.78, 5) is 38.8. The van der Waals surface area contributed by atoms with Crippen LogP contribution < -0.4 is 10.7 Å². The Hall–Kier alpha value is -3.27. The van der Waals surface area contributed by atoms with E-state index < -0.39 is 35.5 Å². The number of carboxylic acid groups (broad SMARTS) is 1. The number of aromatic amines is 1. The number of carbonyl (C=O) groups excluding carboxylic acids is 1. The van der Waals surface area contributed by atoms with Gasteiger partial charge in [-0.15, -0.1) is 12.4 Å². The van der Waals surface area contributed by atoms with Gasteiger partial charge >= 0.3 is 5.97 Å². The smallest absolute Gasteiger partial charge is 0.322 e. The van der Waals surface area contributed by atoms with Crippen molar-refractivity contribution in [2.75, 3.05) is 6.54 Å². The Kier molecular flexibility index (Phi) is 5.36. The van der Waals surface area contributed by atoms with Gasteiger partial charge in [0.2, 0.25) is 0 Å². The van der Waals surface area contributed by atoms with Crippen LogP contribution in [0, 0.1) is 11.6 Å². The van der Waals surface area contributed by atoms with Crippen LogP contribution in [0.5, 0.6) is 0 Å². The Morgan fingerprint density at radius 2 is 1.85 bits per heavy atom. The summed E-state index contributed by atoms with van der Waals surface area (Å²) in [6.07, 6.45) is 1.18. The lowest BCUT2D eigenvalue weighted by molar-refractivity contribution is -0.135. The summed E-state index contributed by atoms with van der Waals surface area (Å²) in [7, 11) is 0. The molecule has 0 saturated carbocycles. The van der Waals surface area contributed by atoms with Crippen molar-refractivity contribution in [3.05, 3.63) is 58.0 Å². The predicted octanol–water partition coefficient (Wildman–Crippen LogP) is 1.20. The quantitative estimate of drug-likeness (QED) is 0.625. The lowest BCUT2D eigenvalue weighted by atomic mass is 10.1. The number of hydrogen-bond acceptors (Lipinski definition) is 4. The second-order valence-electron chi connectivity index (χ2n) is 5.05. The van der Waals surface area contributed by atoms with E-state index in [9.17, 15) is 23.2 Å². The molecule has 0 spiro atoms. The molecule has 0 unspecified atom stereocenters. The summed E-state index contributed by atoms with van der Waals surface area (Å²) in [5, 5.41) is 13.3. The molecule has 11 heteroatoms. The Labute approximate surface area is 149 Å². The molecule has 0 bridgehead atoms. The first kappa shape index (κ1) is 19.1. The number of rotatable bonds is 4. The Morgan fingerprint density at radius 1 is 1.19 bits per heavy atom. The Morgan fingerprint density at radius 3 is 2.46 bits per heavy atom. The molecule has 0 aliphatic rings. The van der Waals surface area contributed by atoms with Gasteiger partial charge in [-0.2, -0.15) is 0 Å². The van der Waals surface area contributed by atoms with Crippen LogP contribution in [0.1, 0.15) is 10.4 Å². The Bertz CT molecular complexity index is 1040. The molecular formula is C15H11ClF2N4O4. The molecule has 26 heavy (non-hydrogen) atoms. The van der Waals surface area contributed by atoms with E-state index in [1.165, 1.54) is 10.8 Å². The van der Waals surface area contributed by atoms with E-state index in [2.05, 4.69) is 15.4 Å². The van der Waals surface area contributed by atoms with Crippen LogP contribution in [0.3, 0.4) is 0 Å². The van der Waals surface area contributed by atoms with Gasteiger partial charge in [-0.1, -0.05) is 0 Å². The molecular weight excluding hydrogens is 374 g/mol. The number of amides is 1. The minimum Gasteiger partial charge on any atom is -0.480 e. The molecule has 0 radical (unpaired) electrons. The molecule has 3 N–H and O–H groups in total. The molecule has 1 aromatic carbocycles. The molecule has 3 aromatic rings. The van der Waals surface area contributed by atoms with E-state index in [1.54, 1.807) is 0 Å². The number of aromatic nitrogens is 3. The SMILES string of the molecule is Cl.O=C(O)CNC(=O)c1c(=O)cc(-c2cc(F)cc(F)c2)n2[nH]cnc12. The van der Waals surface area contributed by atoms with E-state index in [-0.39, 0.29) is 34.9 Å². The number of benzene rings is 1. The zero-order chi connectivity index (χ0) is 18.1. The van der Waals surface area contributed by atoms with Crippen molar-refractivity contribution < 1.29 is 23.5 Å². The summed E-state index contributed by atoms with van der Waals surface area (Å²) in [5.41, 5.74) is -1.11. The Balaban J connectivity index is 0.00000243. The molecule has 0 aliphatic carbocycles. The number of nitrogens with one attached hydrogen (secondary N) is 2. The molecule has 0 aliphatic heterocycles. The lowest BCUT2D eigenvalue weighted by Gasteiger charge is -2.09. The van der Waals surface area contributed by atoms with Crippen LogP contribution in [-0.4, -0.2) is 38.1 Å². The van der Waals surface area contributed by atoms with E-state index in [1.807, 2.05) is 0 Å². The standard InChI is InChI=1S/C15H10F2N4O4.ClH/c16-8-1-7(2-9(17)3-8)10-4-11(22)13(14-19-6-20-21(10)14)15(25)18-5-12(23)24;/h1-4,6H,5H2,(H,18,25)(H,19,20)(H,23,24);1H. The lowest BCUT2D eigenvalue weighted by Crippen LogP contribution is -2.33. The number of fused-ring (bicyclic) bond motifs is 1. The van der Waals surface area contributed by atoms with Gasteiger partial charge in [0.15, 0.2) is 11.1 Å². The van der Waals surface area contributed by atoms with Crippen molar-refractivity contribution in [3.8, 4) is 11.3 Å². The summed E-state index contributed by atoms with van der Waals surface area (Å²) < 4.78 is 28.1. The van der Waals surface area contributed by atoms with Gasteiger partial charge in [0.1, 0.15) is 30.1 Å². The van der Waals surface area contributed by atoms with Crippen LogP contribution in [-0.2, 0) is 4.79 Å². The zero-order valence-corrected chi connectivity index (χ0v) is 13.6. The van der Waals surface area contributed by atoms with Gasteiger partial charge in [-0.3, -0.25) is 19.5 Å². The first-order valence-electron chi connectivity index (χ1n) is 6.92.